The molecular formula is C23H39N3O. The molecule has 1 heterocycles. The summed E-state index contributed by atoms with van der Waals surface area (Å²) in [5.41, 5.74) is 3.08. The van der Waals surface area contributed by atoms with E-state index in [0.29, 0.717) is 12.5 Å². The van der Waals surface area contributed by atoms with Crippen molar-refractivity contribution < 1.29 is 4.79 Å². The average molecular weight is 374 g/mol. The Labute approximate surface area is 166 Å². The van der Waals surface area contributed by atoms with Crippen molar-refractivity contribution >= 4 is 5.91 Å². The van der Waals surface area contributed by atoms with Gasteiger partial charge in [-0.05, 0) is 35.3 Å². The molecule has 0 aromatic heterocycles. The van der Waals surface area contributed by atoms with Crippen LogP contribution >= 0.6 is 0 Å². The van der Waals surface area contributed by atoms with Crippen molar-refractivity contribution in [3.8, 4) is 0 Å². The van der Waals surface area contributed by atoms with E-state index in [2.05, 4.69) is 74.0 Å². The highest BCUT2D eigenvalue weighted by molar-refractivity contribution is 5.77. The maximum absolute atomic E-state index is 12.1. The van der Waals surface area contributed by atoms with Gasteiger partial charge in [0.15, 0.2) is 0 Å². The lowest BCUT2D eigenvalue weighted by Crippen LogP contribution is -2.49. The number of nitrogens with zero attached hydrogens (tertiary/aromatic N) is 2. The number of amides is 1. The highest BCUT2D eigenvalue weighted by Crippen LogP contribution is 2.17. The fourth-order valence-electron chi connectivity index (χ4n) is 3.45. The summed E-state index contributed by atoms with van der Waals surface area (Å²) in [6.07, 6.45) is 2.17. The van der Waals surface area contributed by atoms with Crippen molar-refractivity contribution in [1.29, 1.82) is 0 Å². The van der Waals surface area contributed by atoms with Crippen molar-refractivity contribution in [2.45, 2.75) is 54.0 Å². The van der Waals surface area contributed by atoms with Crippen LogP contribution in [-0.4, -0.2) is 55.0 Å². The zero-order chi connectivity index (χ0) is 19.9. The Hall–Kier alpha value is -1.39. The average Bonchev–Trinajstić information content (AvgIpc) is 2.57. The van der Waals surface area contributed by atoms with E-state index in [-0.39, 0.29) is 11.3 Å². The Kier molecular flexibility index (Phi) is 8.30. The molecule has 27 heavy (non-hydrogen) atoms. The van der Waals surface area contributed by atoms with Gasteiger partial charge in [0, 0.05) is 39.3 Å². The van der Waals surface area contributed by atoms with Crippen LogP contribution in [0.15, 0.2) is 24.3 Å². The summed E-state index contributed by atoms with van der Waals surface area (Å²) in [4.78, 5) is 16.9. The first-order valence-electron chi connectivity index (χ1n) is 10.5. The van der Waals surface area contributed by atoms with Crippen LogP contribution in [-0.2, 0) is 17.8 Å². The molecular weight excluding hydrogens is 334 g/mol. The van der Waals surface area contributed by atoms with Crippen LogP contribution in [0, 0.1) is 11.3 Å². The molecule has 1 aromatic rings. The van der Waals surface area contributed by atoms with Crippen LogP contribution in [0.25, 0.3) is 0 Å². The van der Waals surface area contributed by atoms with Gasteiger partial charge in [0.1, 0.15) is 0 Å². The summed E-state index contributed by atoms with van der Waals surface area (Å²) in [7, 11) is 0. The highest BCUT2D eigenvalue weighted by atomic mass is 16.2. The Morgan fingerprint density at radius 2 is 1.56 bits per heavy atom. The molecule has 4 heteroatoms. The van der Waals surface area contributed by atoms with E-state index in [1.807, 2.05) is 0 Å². The van der Waals surface area contributed by atoms with Crippen molar-refractivity contribution in [1.82, 2.24) is 15.1 Å². The van der Waals surface area contributed by atoms with Gasteiger partial charge in [-0.15, -0.1) is 0 Å². The fraction of sp³-hybridized carbons (Fsp3) is 0.696. The molecule has 0 saturated carbocycles. The first-order valence-corrected chi connectivity index (χ1v) is 10.5. The molecule has 2 rings (SSSR count). The van der Waals surface area contributed by atoms with Crippen LogP contribution in [0.2, 0.25) is 0 Å². The topological polar surface area (TPSA) is 35.6 Å². The zero-order valence-electron chi connectivity index (χ0n) is 18.1. The summed E-state index contributed by atoms with van der Waals surface area (Å²) < 4.78 is 0. The van der Waals surface area contributed by atoms with E-state index in [4.69, 9.17) is 0 Å². The second kappa shape index (κ2) is 10.2. The van der Waals surface area contributed by atoms with E-state index in [0.717, 1.165) is 52.1 Å². The number of nitrogens with one attached hydrogen (secondary N) is 1. The highest BCUT2D eigenvalue weighted by Gasteiger charge is 2.19. The fourth-order valence-corrected chi connectivity index (χ4v) is 3.45. The lowest BCUT2D eigenvalue weighted by Gasteiger charge is -2.34. The number of carbonyl (C=O) groups excluding carboxylic acids is 1. The number of rotatable bonds is 8. The normalized spacial score (nSPS) is 16.7. The number of benzene rings is 1. The number of hydrogen-bond acceptors (Lipinski definition) is 3. The molecule has 0 atom stereocenters. The minimum atomic E-state index is 0.161. The molecule has 4 nitrogen and oxygen atoms in total. The van der Waals surface area contributed by atoms with Gasteiger partial charge in [-0.2, -0.15) is 0 Å². The second-order valence-corrected chi connectivity index (χ2v) is 9.63. The van der Waals surface area contributed by atoms with Gasteiger partial charge >= 0.3 is 0 Å². The predicted molar refractivity (Wildman–Crippen MR) is 114 cm³/mol. The van der Waals surface area contributed by atoms with Crippen LogP contribution < -0.4 is 5.32 Å². The van der Waals surface area contributed by atoms with E-state index in [9.17, 15) is 4.79 Å². The Morgan fingerprint density at radius 3 is 2.11 bits per heavy atom. The van der Waals surface area contributed by atoms with Gasteiger partial charge in [0.2, 0.25) is 5.91 Å². The summed E-state index contributed by atoms with van der Waals surface area (Å²) in [6, 6.07) is 9.08. The van der Waals surface area contributed by atoms with Crippen LogP contribution in [0.4, 0.5) is 0 Å². The van der Waals surface area contributed by atoms with Crippen LogP contribution in [0.5, 0.6) is 0 Å². The third kappa shape index (κ3) is 8.89. The van der Waals surface area contributed by atoms with Gasteiger partial charge in [-0.3, -0.25) is 14.6 Å². The summed E-state index contributed by atoms with van der Waals surface area (Å²) in [5, 5.41) is 3.06. The molecule has 1 amide bonds. The second-order valence-electron chi connectivity index (χ2n) is 9.63. The minimum Gasteiger partial charge on any atom is -0.355 e. The molecule has 1 aliphatic rings. The van der Waals surface area contributed by atoms with Gasteiger partial charge in [0.05, 0.1) is 6.54 Å². The molecule has 0 spiro atoms. The standard InChI is InChI=1S/C23H39N3O/c1-19(2)16-20-6-8-21(9-7-20)17-25-12-14-26(15-13-25)18-22(27)24-11-10-23(3,4)5/h6-9,19H,10-18H2,1-5H3,(H,24,27). The van der Waals surface area contributed by atoms with Crippen molar-refractivity contribution in [2.75, 3.05) is 39.3 Å². The van der Waals surface area contributed by atoms with Crippen molar-refractivity contribution in [3.05, 3.63) is 35.4 Å². The van der Waals surface area contributed by atoms with Gasteiger partial charge < -0.3 is 5.32 Å². The first kappa shape index (κ1) is 21.9. The van der Waals surface area contributed by atoms with Crippen molar-refractivity contribution in [3.63, 3.8) is 0 Å². The molecule has 1 saturated heterocycles. The molecule has 1 aliphatic heterocycles. The molecule has 1 fully saturated rings. The monoisotopic (exact) mass is 373 g/mol. The Morgan fingerprint density at radius 1 is 1.00 bits per heavy atom. The molecule has 152 valence electrons. The number of carbonyl (C=O) groups is 1. The van der Waals surface area contributed by atoms with Gasteiger partial charge in [0.25, 0.3) is 0 Å². The van der Waals surface area contributed by atoms with E-state index >= 15 is 0 Å². The van der Waals surface area contributed by atoms with Gasteiger partial charge in [-0.25, -0.2) is 0 Å². The zero-order valence-corrected chi connectivity index (χ0v) is 18.1. The minimum absolute atomic E-state index is 0.161. The largest absolute Gasteiger partial charge is 0.355 e. The number of piperazine rings is 1. The molecule has 0 radical (unpaired) electrons. The molecule has 0 unspecified atom stereocenters. The SMILES string of the molecule is CC(C)Cc1ccc(CN2CCN(CC(=O)NCCC(C)(C)C)CC2)cc1. The smallest absolute Gasteiger partial charge is 0.234 e. The predicted octanol–water partition coefficient (Wildman–Crippen LogP) is 3.56. The van der Waals surface area contributed by atoms with Crippen molar-refractivity contribution in [2.24, 2.45) is 11.3 Å². The van der Waals surface area contributed by atoms with E-state index in [1.54, 1.807) is 0 Å². The summed E-state index contributed by atoms with van der Waals surface area (Å²) in [6.45, 7) is 17.5. The Balaban J connectivity index is 1.67. The lowest BCUT2D eigenvalue weighted by molar-refractivity contribution is -0.122. The van der Waals surface area contributed by atoms with Crippen LogP contribution in [0.3, 0.4) is 0 Å². The van der Waals surface area contributed by atoms with Crippen LogP contribution in [0.1, 0.15) is 52.2 Å². The quantitative estimate of drug-likeness (QED) is 0.757. The lowest BCUT2D eigenvalue weighted by atomic mass is 9.92. The molecule has 1 aromatic carbocycles. The molecule has 0 aliphatic carbocycles. The van der Waals surface area contributed by atoms with Gasteiger partial charge in [-0.1, -0.05) is 58.9 Å². The summed E-state index contributed by atoms with van der Waals surface area (Å²) >= 11 is 0. The molecule has 0 bridgehead atoms. The van der Waals surface area contributed by atoms with E-state index < -0.39 is 0 Å². The maximum Gasteiger partial charge on any atom is 0.234 e. The maximum atomic E-state index is 12.1. The summed E-state index contributed by atoms with van der Waals surface area (Å²) in [5.74, 6) is 0.864. The molecule has 1 N–H and O–H groups in total. The Bertz CT molecular complexity index is 566. The first-order chi connectivity index (χ1) is 12.7. The third-order valence-corrected chi connectivity index (χ3v) is 5.10. The van der Waals surface area contributed by atoms with E-state index in [1.165, 1.54) is 11.1 Å². The number of hydrogen-bond donors (Lipinski definition) is 1. The third-order valence-electron chi connectivity index (χ3n) is 5.10.